The molecule has 0 aliphatic heterocycles. The summed E-state index contributed by atoms with van der Waals surface area (Å²) >= 11 is 0. The van der Waals surface area contributed by atoms with Gasteiger partial charge in [0.25, 0.3) is 0 Å². The molecule has 1 fully saturated rings. The van der Waals surface area contributed by atoms with Crippen LogP contribution in [0.2, 0.25) is 0 Å². The van der Waals surface area contributed by atoms with Crippen LogP contribution < -0.4 is 10.5 Å². The van der Waals surface area contributed by atoms with Gasteiger partial charge in [0.05, 0.1) is 6.61 Å². The Hall–Kier alpha value is -1.06. The van der Waals surface area contributed by atoms with Crippen LogP contribution in [0.4, 0.5) is 0 Å². The van der Waals surface area contributed by atoms with E-state index < -0.39 is 5.54 Å². The molecule has 3 N–H and O–H groups in total. The fourth-order valence-electron chi connectivity index (χ4n) is 2.89. The maximum Gasteiger partial charge on any atom is 0.119 e. The van der Waals surface area contributed by atoms with Crippen molar-refractivity contribution in [3.8, 4) is 5.75 Å². The molecule has 0 radical (unpaired) electrons. The number of aliphatic hydroxyl groups excluding tert-OH is 1. The zero-order valence-corrected chi connectivity index (χ0v) is 12.5. The van der Waals surface area contributed by atoms with E-state index in [4.69, 9.17) is 10.5 Å². The third-order valence-electron chi connectivity index (χ3n) is 4.19. The van der Waals surface area contributed by atoms with Crippen LogP contribution in [0.15, 0.2) is 24.3 Å². The molecule has 0 saturated heterocycles. The van der Waals surface area contributed by atoms with Crippen LogP contribution in [-0.4, -0.2) is 23.4 Å². The summed E-state index contributed by atoms with van der Waals surface area (Å²) in [6.07, 6.45) is 7.39. The zero-order valence-electron chi connectivity index (χ0n) is 12.5. The van der Waals surface area contributed by atoms with E-state index in [0.29, 0.717) is 0 Å². The third kappa shape index (κ3) is 4.22. The zero-order chi connectivity index (χ0) is 14.4. The molecule has 2 unspecified atom stereocenters. The summed E-state index contributed by atoms with van der Waals surface area (Å²) < 4.78 is 6.02. The van der Waals surface area contributed by atoms with E-state index >= 15 is 0 Å². The van der Waals surface area contributed by atoms with Crippen LogP contribution in [0.5, 0.6) is 5.75 Å². The monoisotopic (exact) mass is 277 g/mol. The van der Waals surface area contributed by atoms with Crippen LogP contribution in [0.25, 0.3) is 0 Å². The Kier molecular flexibility index (Phi) is 5.44. The number of ether oxygens (including phenoxy) is 1. The highest BCUT2D eigenvalue weighted by Gasteiger charge is 2.33. The van der Waals surface area contributed by atoms with Crippen molar-refractivity contribution >= 4 is 0 Å². The second-order valence-electron chi connectivity index (χ2n) is 6.10. The molecule has 1 aliphatic carbocycles. The van der Waals surface area contributed by atoms with Gasteiger partial charge in [-0.2, -0.15) is 0 Å². The molecule has 1 aromatic carbocycles. The van der Waals surface area contributed by atoms with Gasteiger partial charge in [0.1, 0.15) is 11.9 Å². The van der Waals surface area contributed by atoms with Gasteiger partial charge in [-0.25, -0.2) is 0 Å². The summed E-state index contributed by atoms with van der Waals surface area (Å²) in [7, 11) is 0. The number of aryl methyl sites for hydroxylation is 1. The number of nitrogens with two attached hydrogens (primary N) is 1. The minimum atomic E-state index is -0.454. The number of rotatable bonds is 6. The quantitative estimate of drug-likeness (QED) is 0.840. The van der Waals surface area contributed by atoms with E-state index in [0.717, 1.165) is 37.9 Å². The Morgan fingerprint density at radius 2 is 2.10 bits per heavy atom. The summed E-state index contributed by atoms with van der Waals surface area (Å²) in [6, 6.07) is 8.40. The minimum absolute atomic E-state index is 0.0445. The Morgan fingerprint density at radius 1 is 1.35 bits per heavy atom. The van der Waals surface area contributed by atoms with Crippen LogP contribution in [0, 0.1) is 0 Å². The number of unbranched alkanes of at least 4 members (excludes halogenated alkanes) is 1. The molecular formula is C17H27NO2. The second-order valence-corrected chi connectivity index (χ2v) is 6.10. The Bertz CT molecular complexity index is 404. The van der Waals surface area contributed by atoms with Crippen LogP contribution in [0.1, 0.15) is 51.0 Å². The van der Waals surface area contributed by atoms with Gasteiger partial charge in [-0.05, 0) is 49.8 Å². The summed E-state index contributed by atoms with van der Waals surface area (Å²) in [6.45, 7) is 2.25. The van der Waals surface area contributed by atoms with Crippen LogP contribution in [0.3, 0.4) is 0 Å². The third-order valence-corrected chi connectivity index (χ3v) is 4.19. The highest BCUT2D eigenvalue weighted by atomic mass is 16.5. The standard InChI is InChI=1S/C17H27NO2/c1-2-3-5-14-7-9-15(10-8-14)20-16-6-4-11-17(18,12-16)13-19/h7-10,16,19H,2-6,11-13,18H2,1H3. The lowest BCUT2D eigenvalue weighted by Gasteiger charge is -2.36. The normalized spacial score (nSPS) is 26.4. The number of hydrogen-bond acceptors (Lipinski definition) is 3. The summed E-state index contributed by atoms with van der Waals surface area (Å²) in [5.74, 6) is 0.914. The largest absolute Gasteiger partial charge is 0.490 e. The maximum absolute atomic E-state index is 9.37. The molecule has 0 bridgehead atoms. The molecule has 0 amide bonds. The predicted octanol–water partition coefficient (Wildman–Crippen LogP) is 3.04. The molecule has 0 aromatic heterocycles. The van der Waals surface area contributed by atoms with Crippen molar-refractivity contribution in [3.05, 3.63) is 29.8 Å². The molecule has 112 valence electrons. The lowest BCUT2D eigenvalue weighted by atomic mass is 9.81. The van der Waals surface area contributed by atoms with Crippen molar-refractivity contribution in [3.63, 3.8) is 0 Å². The Morgan fingerprint density at radius 3 is 2.75 bits per heavy atom. The van der Waals surface area contributed by atoms with Crippen LogP contribution in [-0.2, 0) is 6.42 Å². The van der Waals surface area contributed by atoms with Crippen molar-refractivity contribution in [2.24, 2.45) is 5.73 Å². The SMILES string of the molecule is CCCCc1ccc(OC2CCCC(N)(CO)C2)cc1. The first-order valence-electron chi connectivity index (χ1n) is 7.80. The highest BCUT2D eigenvalue weighted by Crippen LogP contribution is 2.29. The van der Waals surface area contributed by atoms with Crippen LogP contribution >= 0.6 is 0 Å². The lowest BCUT2D eigenvalue weighted by Crippen LogP contribution is -2.50. The van der Waals surface area contributed by atoms with E-state index in [1.165, 1.54) is 18.4 Å². The minimum Gasteiger partial charge on any atom is -0.490 e. The number of benzene rings is 1. The first-order valence-corrected chi connectivity index (χ1v) is 7.80. The van der Waals surface area contributed by atoms with Gasteiger partial charge in [0.15, 0.2) is 0 Å². The van der Waals surface area contributed by atoms with Crippen molar-refractivity contribution in [1.29, 1.82) is 0 Å². The number of hydrogen-bond donors (Lipinski definition) is 2. The molecule has 1 aliphatic rings. The molecule has 20 heavy (non-hydrogen) atoms. The fourth-order valence-corrected chi connectivity index (χ4v) is 2.89. The highest BCUT2D eigenvalue weighted by molar-refractivity contribution is 5.27. The predicted molar refractivity (Wildman–Crippen MR) is 81.9 cm³/mol. The van der Waals surface area contributed by atoms with Gasteiger partial charge in [-0.3, -0.25) is 0 Å². The summed E-state index contributed by atoms with van der Waals surface area (Å²) in [4.78, 5) is 0. The van der Waals surface area contributed by atoms with Crippen molar-refractivity contribution in [1.82, 2.24) is 0 Å². The Balaban J connectivity index is 1.89. The Labute approximate surface area is 122 Å². The topological polar surface area (TPSA) is 55.5 Å². The van der Waals surface area contributed by atoms with Crippen molar-refractivity contribution in [2.75, 3.05) is 6.61 Å². The average molecular weight is 277 g/mol. The smallest absolute Gasteiger partial charge is 0.119 e. The summed E-state index contributed by atoms with van der Waals surface area (Å²) in [5.41, 5.74) is 7.06. The molecule has 0 spiro atoms. The molecule has 2 atom stereocenters. The van der Waals surface area contributed by atoms with E-state index in [2.05, 4.69) is 31.2 Å². The molecule has 3 heteroatoms. The second kappa shape index (κ2) is 7.09. The summed E-state index contributed by atoms with van der Waals surface area (Å²) in [5, 5.41) is 9.37. The van der Waals surface area contributed by atoms with E-state index in [1.807, 2.05) is 0 Å². The first kappa shape index (κ1) is 15.3. The van der Waals surface area contributed by atoms with Crippen molar-refractivity contribution < 1.29 is 9.84 Å². The average Bonchev–Trinajstić information content (AvgIpc) is 2.47. The van der Waals surface area contributed by atoms with Gasteiger partial charge in [0, 0.05) is 12.0 Å². The first-order chi connectivity index (χ1) is 9.65. The molecule has 1 saturated carbocycles. The molecule has 2 rings (SSSR count). The lowest BCUT2D eigenvalue weighted by molar-refractivity contribution is 0.0729. The van der Waals surface area contributed by atoms with E-state index in [9.17, 15) is 5.11 Å². The maximum atomic E-state index is 9.37. The van der Waals surface area contributed by atoms with E-state index in [1.54, 1.807) is 0 Å². The fraction of sp³-hybridized carbons (Fsp3) is 0.647. The van der Waals surface area contributed by atoms with Crippen molar-refractivity contribution in [2.45, 2.75) is 63.5 Å². The number of aliphatic hydroxyl groups is 1. The van der Waals surface area contributed by atoms with E-state index in [-0.39, 0.29) is 12.7 Å². The van der Waals surface area contributed by atoms with Gasteiger partial charge < -0.3 is 15.6 Å². The van der Waals surface area contributed by atoms with Gasteiger partial charge in [-0.1, -0.05) is 25.5 Å². The van der Waals surface area contributed by atoms with Gasteiger partial charge >= 0.3 is 0 Å². The molecule has 0 heterocycles. The molecular weight excluding hydrogens is 250 g/mol. The van der Waals surface area contributed by atoms with Gasteiger partial charge in [0.2, 0.25) is 0 Å². The molecule has 1 aromatic rings. The van der Waals surface area contributed by atoms with Gasteiger partial charge in [-0.15, -0.1) is 0 Å². The molecule has 3 nitrogen and oxygen atoms in total.